The van der Waals surface area contributed by atoms with Crippen molar-refractivity contribution in [3.05, 3.63) is 34.7 Å². The molecule has 0 saturated heterocycles. The first-order valence-electron chi connectivity index (χ1n) is 2.89. The Labute approximate surface area is 62.4 Å². The third kappa shape index (κ3) is 1.61. The van der Waals surface area contributed by atoms with Crippen LogP contribution in [-0.4, -0.2) is 5.97 Å². The second kappa shape index (κ2) is 2.92. The van der Waals surface area contributed by atoms with Crippen molar-refractivity contribution in [2.75, 3.05) is 0 Å². The number of nitroso groups, excluding NO2 is 1. The molecular formula is C7H4NO3. The first kappa shape index (κ1) is 7.40. The minimum Gasteiger partial charge on any atom is -0.545 e. The van der Waals surface area contributed by atoms with Crippen LogP contribution in [0, 0.1) is 4.91 Å². The Balaban J connectivity index is 3.00. The van der Waals surface area contributed by atoms with Gasteiger partial charge in [-0.2, -0.15) is 0 Å². The molecule has 0 heterocycles. The summed E-state index contributed by atoms with van der Waals surface area (Å²) in [5.41, 5.74) is 0.243. The number of hydrogen-bond acceptors (Lipinski definition) is 4. The highest BCUT2D eigenvalue weighted by Crippen LogP contribution is 2.06. The Hall–Kier alpha value is -1.71. The average Bonchev–Trinajstić information content (AvgIpc) is 2.05. The first-order valence-corrected chi connectivity index (χ1v) is 2.89. The molecule has 1 aromatic carbocycles. The molecule has 1 aromatic rings. The highest BCUT2D eigenvalue weighted by molar-refractivity contribution is 5.86. The van der Waals surface area contributed by atoms with Crippen LogP contribution in [0.25, 0.3) is 0 Å². The molecule has 0 atom stereocenters. The fourth-order valence-electron chi connectivity index (χ4n) is 0.658. The number of aromatic carboxylic acids is 1. The standard InChI is InChI=1S/C7H5NO3/c9-7(10)5-1-3-6(8-11)4-2-5/h1-4H,(H,9,10)/q+1/p-1. The Morgan fingerprint density at radius 2 is 1.82 bits per heavy atom. The molecule has 0 N–H and O–H groups in total. The van der Waals surface area contributed by atoms with Gasteiger partial charge in [0, 0.05) is 12.1 Å². The average molecular weight is 150 g/mol. The van der Waals surface area contributed by atoms with E-state index in [9.17, 15) is 14.8 Å². The molecule has 4 heteroatoms. The van der Waals surface area contributed by atoms with E-state index in [4.69, 9.17) is 0 Å². The number of benzene rings is 1. The van der Waals surface area contributed by atoms with Gasteiger partial charge >= 0.3 is 10.9 Å². The number of hydrogen-bond donors (Lipinski definition) is 0. The largest absolute Gasteiger partial charge is 0.545 e. The molecule has 0 spiro atoms. The maximum atomic E-state index is 10.2. The zero-order valence-corrected chi connectivity index (χ0v) is 5.48. The number of carboxylic acids is 1. The number of carboxylic acid groups (broad SMARTS) is 1. The quantitative estimate of drug-likeness (QED) is 0.585. The van der Waals surface area contributed by atoms with E-state index >= 15 is 0 Å². The predicted octanol–water partition coefficient (Wildman–Crippen LogP) is -0.216. The summed E-state index contributed by atoms with van der Waals surface area (Å²) in [6, 6.07) is 5.18. The van der Waals surface area contributed by atoms with E-state index in [1.165, 1.54) is 24.3 Å². The molecular weight excluding hydrogens is 146 g/mol. The summed E-state index contributed by atoms with van der Waals surface area (Å²) < 4.78 is 0. The lowest BCUT2D eigenvalue weighted by Gasteiger charge is -1.97. The van der Waals surface area contributed by atoms with Crippen LogP contribution in [0.2, 0.25) is 0 Å². The highest BCUT2D eigenvalue weighted by Gasteiger charge is 2.03. The monoisotopic (exact) mass is 150 g/mol. The van der Waals surface area contributed by atoms with Crippen molar-refractivity contribution in [3.63, 3.8) is 0 Å². The third-order valence-electron chi connectivity index (χ3n) is 1.21. The fourth-order valence-corrected chi connectivity index (χ4v) is 0.658. The summed E-state index contributed by atoms with van der Waals surface area (Å²) in [6.45, 7) is 0. The number of carbonyl (C=O) groups is 1. The van der Waals surface area contributed by atoms with Crippen molar-refractivity contribution in [3.8, 4) is 0 Å². The van der Waals surface area contributed by atoms with Gasteiger partial charge in [0.1, 0.15) is 4.91 Å². The zero-order chi connectivity index (χ0) is 8.27. The van der Waals surface area contributed by atoms with Crippen LogP contribution in [0.1, 0.15) is 10.4 Å². The summed E-state index contributed by atoms with van der Waals surface area (Å²) in [5.74, 6) is -1.26. The normalized spacial score (nSPS) is 9.09. The van der Waals surface area contributed by atoms with Crippen LogP contribution in [0.3, 0.4) is 0 Å². The second-order valence-electron chi connectivity index (χ2n) is 1.93. The molecule has 0 fully saturated rings. The van der Waals surface area contributed by atoms with Crippen LogP contribution in [0.15, 0.2) is 24.3 Å². The van der Waals surface area contributed by atoms with Crippen molar-refractivity contribution in [1.82, 2.24) is 5.18 Å². The van der Waals surface area contributed by atoms with Crippen molar-refractivity contribution in [2.45, 2.75) is 0 Å². The summed E-state index contributed by atoms with van der Waals surface area (Å²) in [7, 11) is 0. The van der Waals surface area contributed by atoms with Gasteiger partial charge in [-0.05, 0) is 17.7 Å². The Morgan fingerprint density at radius 1 is 1.27 bits per heavy atom. The first-order chi connectivity index (χ1) is 5.24. The molecule has 1 rings (SSSR count). The van der Waals surface area contributed by atoms with Crippen molar-refractivity contribution in [1.29, 1.82) is 0 Å². The molecule has 4 nitrogen and oxygen atoms in total. The summed E-state index contributed by atoms with van der Waals surface area (Å²) in [5, 5.41) is 12.8. The fraction of sp³-hybridized carbons (Fsp3) is 0. The molecule has 0 aliphatic rings. The van der Waals surface area contributed by atoms with E-state index < -0.39 is 5.97 Å². The van der Waals surface area contributed by atoms with Gasteiger partial charge in [-0.1, -0.05) is 0 Å². The third-order valence-corrected chi connectivity index (χ3v) is 1.21. The number of rotatable bonds is 2. The lowest BCUT2D eigenvalue weighted by Crippen LogP contribution is -2.21. The lowest BCUT2D eigenvalue weighted by molar-refractivity contribution is -0.255. The van der Waals surface area contributed by atoms with Gasteiger partial charge in [-0.15, -0.1) is 0 Å². The van der Waals surface area contributed by atoms with E-state index in [0.717, 1.165) is 0 Å². The van der Waals surface area contributed by atoms with E-state index in [1.807, 2.05) is 0 Å². The van der Waals surface area contributed by atoms with Crippen LogP contribution in [0.4, 0.5) is 5.69 Å². The molecule has 0 unspecified atom stereocenters. The Morgan fingerprint density at radius 3 is 2.18 bits per heavy atom. The van der Waals surface area contributed by atoms with Gasteiger partial charge in [0.15, 0.2) is 0 Å². The maximum Gasteiger partial charge on any atom is 0.353 e. The lowest BCUT2D eigenvalue weighted by atomic mass is 10.2. The van der Waals surface area contributed by atoms with Crippen molar-refractivity contribution < 1.29 is 9.90 Å². The van der Waals surface area contributed by atoms with Crippen LogP contribution < -0.4 is 10.3 Å². The topological polar surface area (TPSA) is 71.3 Å². The molecule has 0 aliphatic carbocycles. The smallest absolute Gasteiger partial charge is 0.353 e. The van der Waals surface area contributed by atoms with Crippen LogP contribution >= 0.6 is 0 Å². The maximum absolute atomic E-state index is 10.2. The number of nitrogens with zero attached hydrogens (tertiary/aromatic N) is 1. The van der Waals surface area contributed by atoms with Gasteiger partial charge in [-0.25, -0.2) is 0 Å². The highest BCUT2D eigenvalue weighted by atomic mass is 16.4. The Kier molecular flexibility index (Phi) is 1.96. The van der Waals surface area contributed by atoms with Gasteiger partial charge < -0.3 is 9.90 Å². The summed E-state index contributed by atoms with van der Waals surface area (Å²) >= 11 is 0. The van der Waals surface area contributed by atoms with Gasteiger partial charge in [-0.3, -0.25) is 0 Å². The van der Waals surface area contributed by atoms with Crippen LogP contribution in [0.5, 0.6) is 0 Å². The molecule has 55 valence electrons. The molecule has 1 radical (unpaired) electrons. The van der Waals surface area contributed by atoms with E-state index in [-0.39, 0.29) is 11.3 Å². The van der Waals surface area contributed by atoms with Crippen molar-refractivity contribution in [2.24, 2.45) is 0 Å². The van der Waals surface area contributed by atoms with E-state index in [1.54, 1.807) is 0 Å². The van der Waals surface area contributed by atoms with Crippen molar-refractivity contribution >= 4 is 11.7 Å². The molecule has 0 aromatic heterocycles. The molecule has 0 aliphatic heterocycles. The molecule has 0 saturated carbocycles. The van der Waals surface area contributed by atoms with E-state index in [0.29, 0.717) is 0 Å². The van der Waals surface area contributed by atoms with Gasteiger partial charge in [0.2, 0.25) is 0 Å². The minimum absolute atomic E-state index is 0.0393. The minimum atomic E-state index is -1.26. The van der Waals surface area contributed by atoms with Crippen LogP contribution in [-0.2, 0) is 0 Å². The molecule has 0 amide bonds. The summed E-state index contributed by atoms with van der Waals surface area (Å²) in [4.78, 5) is 20.1. The SMILES string of the molecule is O=[N+]c1ccc(C(=O)[O-])cc1. The Bertz CT molecular complexity index is 278. The molecule has 0 bridgehead atoms. The van der Waals surface area contributed by atoms with Gasteiger partial charge in [0.05, 0.1) is 5.97 Å². The summed E-state index contributed by atoms with van der Waals surface area (Å²) in [6.07, 6.45) is 0. The zero-order valence-electron chi connectivity index (χ0n) is 5.48. The second-order valence-corrected chi connectivity index (χ2v) is 1.93. The number of carbonyl (C=O) groups excluding carboxylic acids is 1. The molecule has 11 heavy (non-hydrogen) atoms. The predicted molar refractivity (Wildman–Crippen MR) is 35.9 cm³/mol. The van der Waals surface area contributed by atoms with E-state index in [2.05, 4.69) is 5.18 Å². The van der Waals surface area contributed by atoms with Gasteiger partial charge in [0.25, 0.3) is 0 Å².